The zero-order valence-electron chi connectivity index (χ0n) is 15.0. The molecular formula is C17H27N5O2. The number of nitrogens with two attached hydrogens (primary N) is 1. The molecule has 1 saturated heterocycles. The van der Waals surface area contributed by atoms with Gasteiger partial charge < -0.3 is 15.4 Å². The SMILES string of the molecule is C=Nn1c(C(N)=NC)ccc1C1CCCN(C(=O)OC(C)(C)C)C1. The Morgan fingerprint density at radius 1 is 1.42 bits per heavy atom. The normalized spacial score (nSPS) is 19.2. The van der Waals surface area contributed by atoms with Crippen LogP contribution >= 0.6 is 0 Å². The van der Waals surface area contributed by atoms with Crippen molar-refractivity contribution in [2.75, 3.05) is 20.1 Å². The average Bonchev–Trinajstić information content (AvgIpc) is 2.96. The molecule has 2 N–H and O–H groups in total. The van der Waals surface area contributed by atoms with Crippen molar-refractivity contribution in [2.45, 2.75) is 45.1 Å². The quantitative estimate of drug-likeness (QED) is 0.681. The van der Waals surface area contributed by atoms with Crippen LogP contribution in [-0.2, 0) is 4.74 Å². The highest BCUT2D eigenvalue weighted by Gasteiger charge is 2.30. The minimum atomic E-state index is -0.494. The number of nitrogens with zero attached hydrogens (tertiary/aromatic N) is 4. The lowest BCUT2D eigenvalue weighted by Gasteiger charge is -2.34. The Hall–Kier alpha value is -2.31. The second-order valence-corrected chi connectivity index (χ2v) is 6.97. The van der Waals surface area contributed by atoms with Gasteiger partial charge in [-0.15, -0.1) is 0 Å². The number of carbonyl (C=O) groups excluding carboxylic acids is 1. The highest BCUT2D eigenvalue weighted by molar-refractivity contribution is 5.96. The maximum atomic E-state index is 12.3. The molecule has 0 saturated carbocycles. The molecule has 1 amide bonds. The molecule has 2 heterocycles. The van der Waals surface area contributed by atoms with E-state index in [0.29, 0.717) is 18.9 Å². The lowest BCUT2D eigenvalue weighted by molar-refractivity contribution is 0.0196. The number of rotatable bonds is 3. The van der Waals surface area contributed by atoms with Gasteiger partial charge in [0.25, 0.3) is 0 Å². The molecule has 7 nitrogen and oxygen atoms in total. The van der Waals surface area contributed by atoms with E-state index in [1.54, 1.807) is 16.6 Å². The maximum absolute atomic E-state index is 12.3. The molecule has 0 bridgehead atoms. The number of aromatic nitrogens is 1. The van der Waals surface area contributed by atoms with E-state index in [2.05, 4.69) is 16.8 Å². The molecule has 24 heavy (non-hydrogen) atoms. The van der Waals surface area contributed by atoms with Crippen LogP contribution in [0.2, 0.25) is 0 Å². The van der Waals surface area contributed by atoms with Crippen LogP contribution in [0.1, 0.15) is 50.9 Å². The molecule has 132 valence electrons. The first-order valence-corrected chi connectivity index (χ1v) is 8.16. The van der Waals surface area contributed by atoms with Crippen molar-refractivity contribution in [1.29, 1.82) is 0 Å². The Balaban J connectivity index is 2.20. The summed E-state index contributed by atoms with van der Waals surface area (Å²) in [6.45, 7) is 10.6. The van der Waals surface area contributed by atoms with Crippen LogP contribution in [0.5, 0.6) is 0 Å². The Morgan fingerprint density at radius 2 is 2.12 bits per heavy atom. The number of carbonyl (C=O) groups is 1. The number of piperidine rings is 1. The van der Waals surface area contributed by atoms with Gasteiger partial charge in [-0.25, -0.2) is 9.47 Å². The molecular weight excluding hydrogens is 306 g/mol. The molecule has 0 aromatic carbocycles. The van der Waals surface area contributed by atoms with Crippen molar-refractivity contribution in [3.8, 4) is 0 Å². The Morgan fingerprint density at radius 3 is 2.71 bits per heavy atom. The average molecular weight is 333 g/mol. The highest BCUT2D eigenvalue weighted by Crippen LogP contribution is 2.29. The molecule has 1 aromatic rings. The second-order valence-electron chi connectivity index (χ2n) is 6.97. The summed E-state index contributed by atoms with van der Waals surface area (Å²) < 4.78 is 7.20. The molecule has 7 heteroatoms. The van der Waals surface area contributed by atoms with E-state index in [0.717, 1.165) is 24.2 Å². The lowest BCUT2D eigenvalue weighted by Crippen LogP contribution is -2.42. The zero-order chi connectivity index (χ0) is 17.9. The number of aliphatic imine (C=N–C) groups is 1. The van der Waals surface area contributed by atoms with Gasteiger partial charge in [-0.3, -0.25) is 4.99 Å². The molecule has 0 spiro atoms. The van der Waals surface area contributed by atoms with Crippen molar-refractivity contribution in [3.05, 3.63) is 23.5 Å². The van der Waals surface area contributed by atoms with E-state index in [-0.39, 0.29) is 12.0 Å². The monoisotopic (exact) mass is 333 g/mol. The molecule has 2 rings (SSSR count). The van der Waals surface area contributed by atoms with E-state index in [9.17, 15) is 4.79 Å². The lowest BCUT2D eigenvalue weighted by atomic mass is 9.95. The largest absolute Gasteiger partial charge is 0.444 e. The Kier molecular flexibility index (Phi) is 5.31. The topological polar surface area (TPSA) is 85.2 Å². The minimum Gasteiger partial charge on any atom is -0.444 e. The molecule has 1 aliphatic heterocycles. The third kappa shape index (κ3) is 3.96. The summed E-state index contributed by atoms with van der Waals surface area (Å²) in [5.74, 6) is 0.573. The summed E-state index contributed by atoms with van der Waals surface area (Å²) in [5.41, 5.74) is 7.13. The van der Waals surface area contributed by atoms with Gasteiger partial charge in [-0.2, -0.15) is 5.10 Å². The molecule has 1 atom stereocenters. The Bertz CT molecular complexity index is 642. The third-order valence-corrected chi connectivity index (χ3v) is 4.02. The van der Waals surface area contributed by atoms with Crippen LogP contribution in [0, 0.1) is 0 Å². The van der Waals surface area contributed by atoms with Crippen molar-refractivity contribution in [3.63, 3.8) is 0 Å². The van der Waals surface area contributed by atoms with E-state index in [4.69, 9.17) is 10.5 Å². The first kappa shape index (κ1) is 18.0. The van der Waals surface area contributed by atoms with E-state index in [1.807, 2.05) is 32.9 Å². The molecule has 1 aliphatic rings. The number of ether oxygens (including phenoxy) is 1. The molecule has 1 fully saturated rings. The standard InChI is InChI=1S/C17H27N5O2/c1-17(2,3)24-16(23)21-10-6-7-12(11-21)13-8-9-14(15(18)19-4)22(13)20-5/h8-9,12H,5-7,10-11H2,1-4H3,(H2,18,19). The van der Waals surface area contributed by atoms with Gasteiger partial charge in [-0.1, -0.05) is 0 Å². The summed E-state index contributed by atoms with van der Waals surface area (Å²) >= 11 is 0. The van der Waals surface area contributed by atoms with E-state index in [1.165, 1.54) is 0 Å². The number of likely N-dealkylation sites (tertiary alicyclic amines) is 1. The number of hydrogen-bond acceptors (Lipinski definition) is 4. The highest BCUT2D eigenvalue weighted by atomic mass is 16.6. The summed E-state index contributed by atoms with van der Waals surface area (Å²) in [7, 11) is 1.64. The predicted octanol–water partition coefficient (Wildman–Crippen LogP) is 2.40. The van der Waals surface area contributed by atoms with Crippen LogP contribution in [0.4, 0.5) is 4.79 Å². The van der Waals surface area contributed by atoms with E-state index >= 15 is 0 Å². The van der Waals surface area contributed by atoms with E-state index < -0.39 is 5.60 Å². The van der Waals surface area contributed by atoms with Crippen LogP contribution in [0.15, 0.2) is 22.2 Å². The molecule has 0 radical (unpaired) electrons. The molecule has 1 unspecified atom stereocenters. The Labute approximate surface area is 143 Å². The van der Waals surface area contributed by atoms with Gasteiger partial charge in [0.05, 0.1) is 0 Å². The fourth-order valence-electron chi connectivity index (χ4n) is 2.93. The first-order chi connectivity index (χ1) is 11.3. The molecule has 1 aromatic heterocycles. The number of hydrogen-bond donors (Lipinski definition) is 1. The second kappa shape index (κ2) is 7.07. The molecule has 0 aliphatic carbocycles. The third-order valence-electron chi connectivity index (χ3n) is 4.02. The van der Waals surface area contributed by atoms with Gasteiger partial charge in [0.15, 0.2) is 0 Å². The van der Waals surface area contributed by atoms with Crippen molar-refractivity contribution in [2.24, 2.45) is 15.8 Å². The van der Waals surface area contributed by atoms with Crippen molar-refractivity contribution in [1.82, 2.24) is 9.58 Å². The van der Waals surface area contributed by atoms with Gasteiger partial charge in [0.1, 0.15) is 17.1 Å². The zero-order valence-corrected chi connectivity index (χ0v) is 15.0. The smallest absolute Gasteiger partial charge is 0.410 e. The van der Waals surface area contributed by atoms with Gasteiger partial charge in [-0.05, 0) is 45.7 Å². The summed E-state index contributed by atoms with van der Waals surface area (Å²) in [5, 5.41) is 4.08. The van der Waals surface area contributed by atoms with Crippen LogP contribution in [0.3, 0.4) is 0 Å². The van der Waals surface area contributed by atoms with Gasteiger partial charge in [0, 0.05) is 38.5 Å². The maximum Gasteiger partial charge on any atom is 0.410 e. The van der Waals surface area contributed by atoms with Crippen LogP contribution in [-0.4, -0.2) is 54.0 Å². The minimum absolute atomic E-state index is 0.162. The summed E-state index contributed by atoms with van der Waals surface area (Å²) in [6.07, 6.45) is 1.62. The van der Waals surface area contributed by atoms with Crippen molar-refractivity contribution < 1.29 is 9.53 Å². The van der Waals surface area contributed by atoms with Crippen LogP contribution < -0.4 is 5.73 Å². The first-order valence-electron chi connectivity index (χ1n) is 8.16. The summed E-state index contributed by atoms with van der Waals surface area (Å²) in [6, 6.07) is 3.87. The number of amides is 1. The van der Waals surface area contributed by atoms with Crippen LogP contribution in [0.25, 0.3) is 0 Å². The fourth-order valence-corrected chi connectivity index (χ4v) is 2.93. The van der Waals surface area contributed by atoms with Gasteiger partial charge in [0.2, 0.25) is 0 Å². The summed E-state index contributed by atoms with van der Waals surface area (Å²) in [4.78, 5) is 18.1. The van der Waals surface area contributed by atoms with Gasteiger partial charge >= 0.3 is 6.09 Å². The number of amidine groups is 1. The van der Waals surface area contributed by atoms with Crippen molar-refractivity contribution >= 4 is 18.6 Å². The predicted molar refractivity (Wildman–Crippen MR) is 95.8 cm³/mol. The fraction of sp³-hybridized carbons (Fsp3) is 0.588.